The standard InChI is InChI=1S/C15H19ClFNO2/c1-15(2,3)20-14(19)18-9-5-4-6-11-10-12(16)7-8-13(11)17/h4,6-8,10H,5,9H2,1-3H3,(H,18,19). The summed E-state index contributed by atoms with van der Waals surface area (Å²) in [7, 11) is 0. The summed E-state index contributed by atoms with van der Waals surface area (Å²) in [6.07, 6.45) is 3.52. The van der Waals surface area contributed by atoms with Gasteiger partial charge in [-0.05, 0) is 45.4 Å². The lowest BCUT2D eigenvalue weighted by Gasteiger charge is -2.19. The fourth-order valence-electron chi connectivity index (χ4n) is 1.42. The molecule has 1 aromatic rings. The van der Waals surface area contributed by atoms with Crippen LogP contribution in [0.5, 0.6) is 0 Å². The van der Waals surface area contributed by atoms with E-state index >= 15 is 0 Å². The summed E-state index contributed by atoms with van der Waals surface area (Å²) < 4.78 is 18.5. The highest BCUT2D eigenvalue weighted by molar-refractivity contribution is 6.30. The van der Waals surface area contributed by atoms with Crippen molar-refractivity contribution in [3.8, 4) is 0 Å². The SMILES string of the molecule is CC(C)(C)OC(=O)NCCC=Cc1cc(Cl)ccc1F. The van der Waals surface area contributed by atoms with Gasteiger partial charge in [0.15, 0.2) is 0 Å². The van der Waals surface area contributed by atoms with Gasteiger partial charge in [-0.15, -0.1) is 0 Å². The number of hydrogen-bond donors (Lipinski definition) is 1. The number of alkyl carbamates (subject to hydrolysis) is 1. The summed E-state index contributed by atoms with van der Waals surface area (Å²) in [6, 6.07) is 4.37. The summed E-state index contributed by atoms with van der Waals surface area (Å²) in [5.74, 6) is -0.328. The molecule has 0 radical (unpaired) electrons. The van der Waals surface area contributed by atoms with Crippen molar-refractivity contribution in [1.82, 2.24) is 5.32 Å². The third-order valence-electron chi connectivity index (χ3n) is 2.23. The number of halogens is 2. The zero-order chi connectivity index (χ0) is 15.2. The normalized spacial score (nSPS) is 11.7. The number of hydrogen-bond acceptors (Lipinski definition) is 2. The molecule has 5 heteroatoms. The molecule has 110 valence electrons. The molecular formula is C15H19ClFNO2. The first kappa shape index (κ1) is 16.5. The Hall–Kier alpha value is -1.55. The Labute approximate surface area is 123 Å². The van der Waals surface area contributed by atoms with Crippen molar-refractivity contribution < 1.29 is 13.9 Å². The molecule has 1 rings (SSSR count). The maximum absolute atomic E-state index is 13.4. The number of benzene rings is 1. The molecule has 1 aromatic carbocycles. The van der Waals surface area contributed by atoms with Crippen LogP contribution in [0.3, 0.4) is 0 Å². The van der Waals surface area contributed by atoms with Gasteiger partial charge in [0.2, 0.25) is 0 Å². The lowest BCUT2D eigenvalue weighted by atomic mass is 10.2. The molecule has 0 heterocycles. The number of carbonyl (C=O) groups is 1. The molecular weight excluding hydrogens is 281 g/mol. The van der Waals surface area contributed by atoms with Gasteiger partial charge in [-0.25, -0.2) is 9.18 Å². The third kappa shape index (κ3) is 6.57. The third-order valence-corrected chi connectivity index (χ3v) is 2.47. The summed E-state index contributed by atoms with van der Waals surface area (Å²) in [5.41, 5.74) is -0.0844. The van der Waals surface area contributed by atoms with Gasteiger partial charge in [-0.3, -0.25) is 0 Å². The number of ether oxygens (including phenoxy) is 1. The Morgan fingerprint density at radius 1 is 1.45 bits per heavy atom. The van der Waals surface area contributed by atoms with Crippen LogP contribution in [-0.4, -0.2) is 18.2 Å². The molecule has 1 amide bonds. The predicted molar refractivity (Wildman–Crippen MR) is 79.3 cm³/mol. The lowest BCUT2D eigenvalue weighted by Crippen LogP contribution is -2.32. The monoisotopic (exact) mass is 299 g/mol. The quantitative estimate of drug-likeness (QED) is 0.836. The van der Waals surface area contributed by atoms with Gasteiger partial charge in [0, 0.05) is 17.1 Å². The van der Waals surface area contributed by atoms with Gasteiger partial charge in [0.1, 0.15) is 11.4 Å². The summed E-state index contributed by atoms with van der Waals surface area (Å²) >= 11 is 5.79. The highest BCUT2D eigenvalue weighted by Gasteiger charge is 2.15. The Morgan fingerprint density at radius 2 is 2.15 bits per heavy atom. The van der Waals surface area contributed by atoms with Gasteiger partial charge in [0.05, 0.1) is 0 Å². The summed E-state index contributed by atoms with van der Waals surface area (Å²) in [4.78, 5) is 11.4. The van der Waals surface area contributed by atoms with E-state index in [0.717, 1.165) is 0 Å². The second kappa shape index (κ2) is 7.29. The fourth-order valence-corrected chi connectivity index (χ4v) is 1.60. The van der Waals surface area contributed by atoms with Gasteiger partial charge in [-0.2, -0.15) is 0 Å². The second-order valence-electron chi connectivity index (χ2n) is 5.29. The molecule has 3 nitrogen and oxygen atoms in total. The van der Waals surface area contributed by atoms with Gasteiger partial charge in [-0.1, -0.05) is 23.8 Å². The van der Waals surface area contributed by atoms with Crippen LogP contribution < -0.4 is 5.32 Å². The number of carbonyl (C=O) groups excluding carboxylic acids is 1. The molecule has 0 bridgehead atoms. The van der Waals surface area contributed by atoms with Crippen molar-refractivity contribution >= 4 is 23.8 Å². The lowest BCUT2D eigenvalue weighted by molar-refractivity contribution is 0.0529. The summed E-state index contributed by atoms with van der Waals surface area (Å²) in [5, 5.41) is 3.10. The maximum Gasteiger partial charge on any atom is 0.407 e. The molecule has 0 saturated heterocycles. The molecule has 0 fully saturated rings. The van der Waals surface area contributed by atoms with Crippen LogP contribution in [0.2, 0.25) is 5.02 Å². The van der Waals surface area contributed by atoms with Crippen molar-refractivity contribution in [3.05, 3.63) is 40.7 Å². The van der Waals surface area contributed by atoms with E-state index in [1.165, 1.54) is 12.1 Å². The van der Waals surface area contributed by atoms with E-state index in [0.29, 0.717) is 23.6 Å². The molecule has 0 aliphatic rings. The van der Waals surface area contributed by atoms with Crippen LogP contribution in [0.15, 0.2) is 24.3 Å². The molecule has 0 saturated carbocycles. The van der Waals surface area contributed by atoms with E-state index in [4.69, 9.17) is 16.3 Å². The Balaban J connectivity index is 2.36. The van der Waals surface area contributed by atoms with E-state index in [-0.39, 0.29) is 5.82 Å². The van der Waals surface area contributed by atoms with E-state index < -0.39 is 11.7 Å². The van der Waals surface area contributed by atoms with Crippen molar-refractivity contribution in [1.29, 1.82) is 0 Å². The molecule has 0 aliphatic carbocycles. The number of nitrogens with one attached hydrogen (secondary N) is 1. The van der Waals surface area contributed by atoms with Crippen molar-refractivity contribution in [2.45, 2.75) is 32.8 Å². The second-order valence-corrected chi connectivity index (χ2v) is 5.72. The Morgan fingerprint density at radius 3 is 2.80 bits per heavy atom. The topological polar surface area (TPSA) is 38.3 Å². The molecule has 0 aliphatic heterocycles. The molecule has 0 unspecified atom stereocenters. The van der Waals surface area contributed by atoms with Gasteiger partial charge in [0.25, 0.3) is 0 Å². The average molecular weight is 300 g/mol. The predicted octanol–water partition coefficient (Wildman–Crippen LogP) is 4.41. The fraction of sp³-hybridized carbons (Fsp3) is 0.400. The van der Waals surface area contributed by atoms with Crippen LogP contribution in [-0.2, 0) is 4.74 Å². The van der Waals surface area contributed by atoms with Crippen LogP contribution in [0.1, 0.15) is 32.8 Å². The Kier molecular flexibility index (Phi) is 6.02. The first-order valence-electron chi connectivity index (χ1n) is 6.36. The molecule has 20 heavy (non-hydrogen) atoms. The molecule has 0 spiro atoms. The zero-order valence-electron chi connectivity index (χ0n) is 11.9. The van der Waals surface area contributed by atoms with E-state index in [9.17, 15) is 9.18 Å². The smallest absolute Gasteiger partial charge is 0.407 e. The molecule has 1 N–H and O–H groups in total. The van der Waals surface area contributed by atoms with Gasteiger partial charge >= 0.3 is 6.09 Å². The summed E-state index contributed by atoms with van der Waals surface area (Å²) in [6.45, 7) is 5.82. The first-order chi connectivity index (χ1) is 9.28. The van der Waals surface area contributed by atoms with Gasteiger partial charge < -0.3 is 10.1 Å². The van der Waals surface area contributed by atoms with Crippen LogP contribution in [0.4, 0.5) is 9.18 Å². The highest BCUT2D eigenvalue weighted by atomic mass is 35.5. The van der Waals surface area contributed by atoms with E-state index in [1.54, 1.807) is 39.0 Å². The minimum absolute atomic E-state index is 0.328. The maximum atomic E-state index is 13.4. The van der Waals surface area contributed by atoms with Crippen LogP contribution >= 0.6 is 11.6 Å². The largest absolute Gasteiger partial charge is 0.444 e. The minimum atomic E-state index is -0.510. The van der Waals surface area contributed by atoms with E-state index in [1.807, 2.05) is 0 Å². The van der Waals surface area contributed by atoms with Crippen molar-refractivity contribution in [3.63, 3.8) is 0 Å². The first-order valence-corrected chi connectivity index (χ1v) is 6.74. The van der Waals surface area contributed by atoms with Crippen molar-refractivity contribution in [2.24, 2.45) is 0 Å². The van der Waals surface area contributed by atoms with Crippen LogP contribution in [0.25, 0.3) is 6.08 Å². The minimum Gasteiger partial charge on any atom is -0.444 e. The zero-order valence-corrected chi connectivity index (χ0v) is 12.6. The van der Waals surface area contributed by atoms with E-state index in [2.05, 4.69) is 5.32 Å². The molecule has 0 atom stereocenters. The average Bonchev–Trinajstić information content (AvgIpc) is 2.30. The number of rotatable bonds is 4. The highest BCUT2D eigenvalue weighted by Crippen LogP contribution is 2.16. The van der Waals surface area contributed by atoms with Crippen LogP contribution in [0, 0.1) is 5.82 Å². The number of amides is 1. The van der Waals surface area contributed by atoms with Crippen molar-refractivity contribution in [2.75, 3.05) is 6.54 Å². The Bertz CT molecular complexity index is 495. The molecule has 0 aromatic heterocycles.